The number of methoxy groups -OCH3 is 2. The summed E-state index contributed by atoms with van der Waals surface area (Å²) in [6, 6.07) is 10.7. The minimum Gasteiger partial charge on any atom is -0.507 e. The van der Waals surface area contributed by atoms with Gasteiger partial charge < -0.3 is 19.9 Å². The van der Waals surface area contributed by atoms with E-state index in [2.05, 4.69) is 10.1 Å². The molecule has 0 atom stereocenters. The van der Waals surface area contributed by atoms with Gasteiger partial charge in [-0.1, -0.05) is 12.1 Å². The van der Waals surface area contributed by atoms with Crippen molar-refractivity contribution in [2.24, 2.45) is 0 Å². The molecule has 0 saturated carbocycles. The van der Waals surface area contributed by atoms with E-state index in [4.69, 9.17) is 4.74 Å². The van der Waals surface area contributed by atoms with Gasteiger partial charge in [0.2, 0.25) is 0 Å². The monoisotopic (exact) mass is 301 g/mol. The lowest BCUT2D eigenvalue weighted by Crippen LogP contribution is -2.12. The molecule has 0 aliphatic heterocycles. The number of phenols is 1. The molecule has 114 valence electrons. The Hall–Kier alpha value is -3.02. The Morgan fingerprint density at radius 1 is 1.05 bits per heavy atom. The maximum atomic E-state index is 12.1. The van der Waals surface area contributed by atoms with Crippen LogP contribution in [0.5, 0.6) is 11.5 Å². The van der Waals surface area contributed by atoms with Crippen molar-refractivity contribution < 1.29 is 24.2 Å². The van der Waals surface area contributed by atoms with Crippen molar-refractivity contribution in [1.29, 1.82) is 0 Å². The highest BCUT2D eigenvalue weighted by atomic mass is 16.5. The fourth-order valence-corrected chi connectivity index (χ4v) is 1.91. The Labute approximate surface area is 127 Å². The fourth-order valence-electron chi connectivity index (χ4n) is 1.91. The smallest absolute Gasteiger partial charge is 0.341 e. The van der Waals surface area contributed by atoms with Gasteiger partial charge >= 0.3 is 5.97 Å². The Balaban J connectivity index is 2.25. The second-order valence-corrected chi connectivity index (χ2v) is 4.38. The lowest BCUT2D eigenvalue weighted by Gasteiger charge is -2.11. The van der Waals surface area contributed by atoms with Crippen molar-refractivity contribution in [1.82, 2.24) is 0 Å². The first-order chi connectivity index (χ1) is 10.6. The summed E-state index contributed by atoms with van der Waals surface area (Å²) < 4.78 is 9.76. The highest BCUT2D eigenvalue weighted by molar-refractivity contribution is 6.06. The number of ether oxygens (including phenoxy) is 2. The quantitative estimate of drug-likeness (QED) is 0.847. The van der Waals surface area contributed by atoms with Crippen LogP contribution in [0.3, 0.4) is 0 Å². The number of carbonyl (C=O) groups is 2. The van der Waals surface area contributed by atoms with Crippen molar-refractivity contribution >= 4 is 17.6 Å². The van der Waals surface area contributed by atoms with Crippen molar-refractivity contribution in [3.05, 3.63) is 53.6 Å². The molecule has 1 amide bonds. The Morgan fingerprint density at radius 3 is 2.41 bits per heavy atom. The van der Waals surface area contributed by atoms with E-state index in [0.717, 1.165) is 0 Å². The van der Waals surface area contributed by atoms with Crippen LogP contribution in [-0.2, 0) is 4.74 Å². The van der Waals surface area contributed by atoms with Gasteiger partial charge in [0.1, 0.15) is 17.1 Å². The summed E-state index contributed by atoms with van der Waals surface area (Å²) in [7, 11) is 2.69. The second kappa shape index (κ2) is 6.62. The molecule has 0 bridgehead atoms. The van der Waals surface area contributed by atoms with Gasteiger partial charge in [-0.2, -0.15) is 0 Å². The van der Waals surface area contributed by atoms with Crippen LogP contribution in [-0.4, -0.2) is 31.2 Å². The van der Waals surface area contributed by atoms with Crippen LogP contribution in [0.2, 0.25) is 0 Å². The van der Waals surface area contributed by atoms with E-state index in [1.54, 1.807) is 18.2 Å². The van der Waals surface area contributed by atoms with E-state index in [0.29, 0.717) is 5.69 Å². The van der Waals surface area contributed by atoms with Gasteiger partial charge in [0.05, 0.1) is 19.8 Å². The number of anilines is 1. The zero-order valence-electron chi connectivity index (χ0n) is 12.1. The van der Waals surface area contributed by atoms with Crippen LogP contribution in [0.4, 0.5) is 5.69 Å². The van der Waals surface area contributed by atoms with E-state index < -0.39 is 11.9 Å². The van der Waals surface area contributed by atoms with E-state index in [1.807, 2.05) is 0 Å². The largest absolute Gasteiger partial charge is 0.507 e. The minimum absolute atomic E-state index is 0.113. The first-order valence-electron chi connectivity index (χ1n) is 6.42. The SMILES string of the molecule is COC(=O)c1ccc(NC(=O)c2ccccc2O)cc1OC. The number of phenolic OH excluding ortho intramolecular Hbond substituents is 1. The van der Waals surface area contributed by atoms with E-state index >= 15 is 0 Å². The highest BCUT2D eigenvalue weighted by Gasteiger charge is 2.15. The maximum Gasteiger partial charge on any atom is 0.341 e. The van der Waals surface area contributed by atoms with Gasteiger partial charge in [-0.3, -0.25) is 4.79 Å². The molecular formula is C16H15NO5. The summed E-state index contributed by atoms with van der Waals surface area (Å²) in [6.45, 7) is 0. The Morgan fingerprint density at radius 2 is 1.77 bits per heavy atom. The van der Waals surface area contributed by atoms with Crippen molar-refractivity contribution in [3.63, 3.8) is 0 Å². The van der Waals surface area contributed by atoms with Gasteiger partial charge in [0, 0.05) is 11.8 Å². The number of carbonyl (C=O) groups excluding carboxylic acids is 2. The number of hydrogen-bond acceptors (Lipinski definition) is 5. The van der Waals surface area contributed by atoms with Gasteiger partial charge in [0.25, 0.3) is 5.91 Å². The third kappa shape index (κ3) is 3.17. The summed E-state index contributed by atoms with van der Waals surface area (Å²) in [4.78, 5) is 23.7. The number of esters is 1. The molecule has 6 heteroatoms. The molecule has 0 aromatic heterocycles. The molecule has 2 aromatic carbocycles. The van der Waals surface area contributed by atoms with Gasteiger partial charge in [-0.25, -0.2) is 4.79 Å². The molecule has 0 heterocycles. The average molecular weight is 301 g/mol. The fraction of sp³-hybridized carbons (Fsp3) is 0.125. The predicted octanol–water partition coefficient (Wildman–Crippen LogP) is 2.44. The van der Waals surface area contributed by atoms with Crippen LogP contribution in [0.25, 0.3) is 0 Å². The molecule has 2 N–H and O–H groups in total. The summed E-state index contributed by atoms with van der Waals surface area (Å²) in [6.07, 6.45) is 0. The van der Waals surface area contributed by atoms with Crippen LogP contribution in [0.15, 0.2) is 42.5 Å². The molecule has 0 spiro atoms. The number of benzene rings is 2. The molecule has 22 heavy (non-hydrogen) atoms. The van der Waals surface area contributed by atoms with Crippen molar-refractivity contribution in [2.75, 3.05) is 19.5 Å². The molecule has 0 radical (unpaired) electrons. The molecule has 0 fully saturated rings. The third-order valence-electron chi connectivity index (χ3n) is 3.01. The lowest BCUT2D eigenvalue weighted by molar-refractivity contribution is 0.0597. The normalized spacial score (nSPS) is 9.91. The molecule has 2 aromatic rings. The number of rotatable bonds is 4. The second-order valence-electron chi connectivity index (χ2n) is 4.38. The maximum absolute atomic E-state index is 12.1. The molecular weight excluding hydrogens is 286 g/mol. The zero-order valence-corrected chi connectivity index (χ0v) is 12.1. The zero-order chi connectivity index (χ0) is 16.1. The number of nitrogens with one attached hydrogen (secondary N) is 1. The van der Waals surface area contributed by atoms with E-state index in [9.17, 15) is 14.7 Å². The molecule has 2 rings (SSSR count). The van der Waals surface area contributed by atoms with Gasteiger partial charge in [-0.15, -0.1) is 0 Å². The summed E-state index contributed by atoms with van der Waals surface area (Å²) in [5, 5.41) is 12.3. The highest BCUT2D eigenvalue weighted by Crippen LogP contribution is 2.25. The van der Waals surface area contributed by atoms with Crippen LogP contribution < -0.4 is 10.1 Å². The van der Waals surface area contributed by atoms with Crippen LogP contribution >= 0.6 is 0 Å². The topological polar surface area (TPSA) is 84.9 Å². The van der Waals surface area contributed by atoms with Crippen molar-refractivity contribution in [2.45, 2.75) is 0 Å². The Bertz CT molecular complexity index is 711. The molecule has 0 saturated heterocycles. The number of hydrogen-bond donors (Lipinski definition) is 2. The molecule has 0 aliphatic rings. The first kappa shape index (κ1) is 15.4. The summed E-state index contributed by atoms with van der Waals surface area (Å²) in [5.41, 5.74) is 0.835. The van der Waals surface area contributed by atoms with E-state index in [-0.39, 0.29) is 22.6 Å². The number of amides is 1. The summed E-state index contributed by atoms with van der Waals surface area (Å²) >= 11 is 0. The van der Waals surface area contributed by atoms with Crippen molar-refractivity contribution in [3.8, 4) is 11.5 Å². The average Bonchev–Trinajstić information content (AvgIpc) is 2.54. The Kier molecular flexibility index (Phi) is 4.63. The molecule has 6 nitrogen and oxygen atoms in total. The number of aromatic hydroxyl groups is 1. The lowest BCUT2D eigenvalue weighted by atomic mass is 10.1. The standard InChI is InChI=1S/C16H15NO5/c1-21-14-9-10(7-8-12(14)16(20)22-2)17-15(19)11-5-3-4-6-13(11)18/h3-9,18H,1-2H3,(H,17,19). The van der Waals surface area contributed by atoms with Gasteiger partial charge in [0.15, 0.2) is 0 Å². The summed E-state index contributed by atoms with van der Waals surface area (Å²) in [5.74, 6) is -0.832. The third-order valence-corrected chi connectivity index (χ3v) is 3.01. The van der Waals surface area contributed by atoms with Gasteiger partial charge in [-0.05, 0) is 24.3 Å². The predicted molar refractivity (Wildman–Crippen MR) is 80.4 cm³/mol. The number of para-hydroxylation sites is 1. The van der Waals surface area contributed by atoms with Crippen LogP contribution in [0.1, 0.15) is 20.7 Å². The van der Waals surface area contributed by atoms with Crippen LogP contribution in [0, 0.1) is 0 Å². The molecule has 0 aliphatic carbocycles. The first-order valence-corrected chi connectivity index (χ1v) is 6.42. The minimum atomic E-state index is -0.532. The molecule has 0 unspecified atom stereocenters. The van der Waals surface area contributed by atoms with E-state index in [1.165, 1.54) is 38.5 Å².